The van der Waals surface area contributed by atoms with Crippen LogP contribution in [0.2, 0.25) is 0 Å². The molecule has 8 nitrogen and oxygen atoms in total. The summed E-state index contributed by atoms with van der Waals surface area (Å²) < 4.78 is 11.2. The molecule has 0 radical (unpaired) electrons. The second kappa shape index (κ2) is 9.04. The molecule has 30 heavy (non-hydrogen) atoms. The number of nitrogens with zero attached hydrogens (tertiary/aromatic N) is 2. The average molecular weight is 407 g/mol. The molecule has 3 rings (SSSR count). The summed E-state index contributed by atoms with van der Waals surface area (Å²) in [6.45, 7) is 5.33. The summed E-state index contributed by atoms with van der Waals surface area (Å²) in [5.74, 6) is 1.13. The van der Waals surface area contributed by atoms with Crippen LogP contribution in [0, 0.1) is 30.9 Å². The number of benzene rings is 2. The fourth-order valence-electron chi connectivity index (χ4n) is 2.90. The number of furan rings is 1. The minimum absolute atomic E-state index is 0.0234. The number of ether oxygens (including phenoxy) is 1. The Balaban J connectivity index is 1.59. The summed E-state index contributed by atoms with van der Waals surface area (Å²) in [5, 5.41) is 15.0. The molecular weight excluding hydrogens is 386 g/mol. The highest BCUT2D eigenvalue weighted by Crippen LogP contribution is 2.28. The summed E-state index contributed by atoms with van der Waals surface area (Å²) in [7, 11) is 0. The topological polar surface area (TPSA) is 107 Å². The van der Waals surface area contributed by atoms with E-state index < -0.39 is 10.8 Å². The molecule has 0 saturated heterocycles. The lowest BCUT2D eigenvalue weighted by Gasteiger charge is -2.10. The van der Waals surface area contributed by atoms with Crippen LogP contribution in [-0.4, -0.2) is 23.7 Å². The second-order valence-electron chi connectivity index (χ2n) is 6.76. The van der Waals surface area contributed by atoms with Gasteiger partial charge in [-0.05, 0) is 44.0 Å². The first-order valence-corrected chi connectivity index (χ1v) is 9.21. The smallest absolute Gasteiger partial charge is 0.277 e. The zero-order valence-corrected chi connectivity index (χ0v) is 16.8. The molecule has 8 heteroatoms. The number of nitro groups is 1. The fourth-order valence-corrected chi connectivity index (χ4v) is 2.90. The monoisotopic (exact) mass is 407 g/mol. The number of amides is 1. The number of hydrazone groups is 1. The van der Waals surface area contributed by atoms with Crippen molar-refractivity contribution in [1.29, 1.82) is 0 Å². The van der Waals surface area contributed by atoms with E-state index in [2.05, 4.69) is 10.5 Å². The molecule has 3 aromatic rings. The molecule has 0 aliphatic carbocycles. The molecule has 0 fully saturated rings. The molecule has 2 aromatic carbocycles. The largest absolute Gasteiger partial charge is 0.483 e. The Hall–Kier alpha value is -3.94. The van der Waals surface area contributed by atoms with Crippen LogP contribution in [0.3, 0.4) is 0 Å². The van der Waals surface area contributed by atoms with Crippen molar-refractivity contribution in [2.24, 2.45) is 5.10 Å². The molecule has 0 atom stereocenters. The van der Waals surface area contributed by atoms with Crippen LogP contribution < -0.4 is 10.2 Å². The van der Waals surface area contributed by atoms with Crippen molar-refractivity contribution in [3.8, 4) is 17.1 Å². The van der Waals surface area contributed by atoms with Crippen LogP contribution in [0.15, 0.2) is 58.0 Å². The van der Waals surface area contributed by atoms with E-state index in [1.54, 1.807) is 31.2 Å². The predicted octanol–water partition coefficient (Wildman–Crippen LogP) is 4.31. The van der Waals surface area contributed by atoms with Gasteiger partial charge in [-0.2, -0.15) is 5.10 Å². The highest BCUT2D eigenvalue weighted by Gasteiger charge is 2.13. The first-order chi connectivity index (χ1) is 14.3. The third kappa shape index (κ3) is 4.91. The minimum Gasteiger partial charge on any atom is -0.483 e. The number of carbonyl (C=O) groups excluding carboxylic acids is 1. The predicted molar refractivity (Wildman–Crippen MR) is 113 cm³/mol. The Morgan fingerprint density at radius 2 is 1.87 bits per heavy atom. The molecule has 0 aliphatic heterocycles. The van der Waals surface area contributed by atoms with Gasteiger partial charge >= 0.3 is 0 Å². The molecular formula is C22H21N3O5. The summed E-state index contributed by atoms with van der Waals surface area (Å²) in [6.07, 6.45) is 1.35. The van der Waals surface area contributed by atoms with Crippen molar-refractivity contribution in [2.45, 2.75) is 20.8 Å². The zero-order valence-electron chi connectivity index (χ0n) is 16.8. The van der Waals surface area contributed by atoms with Crippen LogP contribution in [0.5, 0.6) is 5.75 Å². The van der Waals surface area contributed by atoms with Gasteiger partial charge in [-0.3, -0.25) is 14.9 Å². The summed E-state index contributed by atoms with van der Waals surface area (Å²) in [4.78, 5) is 22.6. The maximum atomic E-state index is 11.9. The van der Waals surface area contributed by atoms with Crippen LogP contribution in [0.1, 0.15) is 22.5 Å². The molecule has 0 saturated carbocycles. The lowest BCUT2D eigenvalue weighted by Crippen LogP contribution is -2.24. The zero-order chi connectivity index (χ0) is 21.7. The van der Waals surface area contributed by atoms with Gasteiger partial charge in [-0.1, -0.05) is 30.3 Å². The van der Waals surface area contributed by atoms with E-state index in [4.69, 9.17) is 9.15 Å². The van der Waals surface area contributed by atoms with E-state index in [-0.39, 0.29) is 12.3 Å². The van der Waals surface area contributed by atoms with Crippen molar-refractivity contribution in [1.82, 2.24) is 5.43 Å². The second-order valence-corrected chi connectivity index (χ2v) is 6.76. The SMILES string of the molecule is Cc1ccc(-c2ccc(/C=N\NC(=O)COc3c(C)cccc3C)o2)cc1[N+](=O)[O-]. The van der Waals surface area contributed by atoms with Gasteiger partial charge in [0.05, 0.1) is 11.1 Å². The van der Waals surface area contributed by atoms with Gasteiger partial charge in [0.2, 0.25) is 0 Å². The number of rotatable bonds is 7. The van der Waals surface area contributed by atoms with Gasteiger partial charge in [0.25, 0.3) is 11.6 Å². The maximum absolute atomic E-state index is 11.9. The van der Waals surface area contributed by atoms with E-state index in [1.165, 1.54) is 12.3 Å². The van der Waals surface area contributed by atoms with E-state index in [0.29, 0.717) is 28.4 Å². The van der Waals surface area contributed by atoms with Gasteiger partial charge in [0, 0.05) is 17.2 Å². The molecule has 154 valence electrons. The molecule has 1 amide bonds. The lowest BCUT2D eigenvalue weighted by atomic mass is 10.1. The number of carbonyl (C=O) groups is 1. The van der Waals surface area contributed by atoms with Crippen LogP contribution >= 0.6 is 0 Å². The molecule has 0 aliphatic rings. The molecule has 1 aromatic heterocycles. The third-order valence-electron chi connectivity index (χ3n) is 4.45. The summed E-state index contributed by atoms with van der Waals surface area (Å²) >= 11 is 0. The average Bonchev–Trinajstić information content (AvgIpc) is 3.16. The highest BCUT2D eigenvalue weighted by molar-refractivity contribution is 5.81. The molecule has 1 N–H and O–H groups in total. The third-order valence-corrected chi connectivity index (χ3v) is 4.45. The quantitative estimate of drug-likeness (QED) is 0.357. The first-order valence-electron chi connectivity index (χ1n) is 9.21. The molecule has 0 bridgehead atoms. The Bertz CT molecular complexity index is 1100. The van der Waals surface area contributed by atoms with Gasteiger partial charge < -0.3 is 9.15 Å². The normalized spacial score (nSPS) is 10.9. The Labute approximate surface area is 173 Å². The van der Waals surface area contributed by atoms with Crippen molar-refractivity contribution in [2.75, 3.05) is 6.61 Å². The molecule has 0 spiro atoms. The van der Waals surface area contributed by atoms with Gasteiger partial charge in [0.1, 0.15) is 17.3 Å². The lowest BCUT2D eigenvalue weighted by molar-refractivity contribution is -0.385. The number of hydrogen-bond acceptors (Lipinski definition) is 6. The first kappa shape index (κ1) is 20.8. The number of aryl methyl sites for hydroxylation is 3. The van der Waals surface area contributed by atoms with Crippen LogP contribution in [0.25, 0.3) is 11.3 Å². The number of nitrogens with one attached hydrogen (secondary N) is 1. The number of nitro benzene ring substituents is 1. The summed E-state index contributed by atoms with van der Waals surface area (Å²) in [5.41, 5.74) is 5.45. The highest BCUT2D eigenvalue weighted by atomic mass is 16.6. The number of para-hydroxylation sites is 1. The van der Waals surface area contributed by atoms with Crippen LogP contribution in [0.4, 0.5) is 5.69 Å². The van der Waals surface area contributed by atoms with Crippen molar-refractivity contribution in [3.05, 3.63) is 81.1 Å². The molecule has 0 unspecified atom stereocenters. The van der Waals surface area contributed by atoms with Gasteiger partial charge in [-0.15, -0.1) is 0 Å². The van der Waals surface area contributed by atoms with E-state index in [9.17, 15) is 14.9 Å². The maximum Gasteiger partial charge on any atom is 0.277 e. The van der Waals surface area contributed by atoms with E-state index >= 15 is 0 Å². The standard InChI is InChI=1S/C22H21N3O5/c1-14-7-8-17(11-19(14)25(27)28)20-10-9-18(30-20)12-23-24-21(26)13-29-22-15(2)5-4-6-16(22)3/h4-12H,13H2,1-3H3,(H,24,26)/b23-12-. The fraction of sp³-hybridized carbons (Fsp3) is 0.182. The Morgan fingerprint density at radius 1 is 1.13 bits per heavy atom. The van der Waals surface area contributed by atoms with Crippen molar-refractivity contribution >= 4 is 17.8 Å². The van der Waals surface area contributed by atoms with Crippen molar-refractivity contribution < 1.29 is 18.9 Å². The number of hydrogen-bond donors (Lipinski definition) is 1. The molecule has 1 heterocycles. The Kier molecular flexibility index (Phi) is 6.26. The minimum atomic E-state index is -0.430. The Morgan fingerprint density at radius 3 is 2.57 bits per heavy atom. The van der Waals surface area contributed by atoms with E-state index in [0.717, 1.165) is 11.1 Å². The van der Waals surface area contributed by atoms with Gasteiger partial charge in [0.15, 0.2) is 6.61 Å². The van der Waals surface area contributed by atoms with Crippen LogP contribution in [-0.2, 0) is 4.79 Å². The summed E-state index contributed by atoms with van der Waals surface area (Å²) in [6, 6.07) is 14.0. The van der Waals surface area contributed by atoms with E-state index in [1.807, 2.05) is 32.0 Å². The van der Waals surface area contributed by atoms with Crippen molar-refractivity contribution in [3.63, 3.8) is 0 Å². The van der Waals surface area contributed by atoms with Gasteiger partial charge in [-0.25, -0.2) is 5.43 Å².